The average molecular weight is 635 g/mol. The highest BCUT2D eigenvalue weighted by molar-refractivity contribution is 6.55. The molecule has 3 aromatic rings. The third kappa shape index (κ3) is 4.72. The van der Waals surface area contributed by atoms with Gasteiger partial charge >= 0.3 is 0 Å². The zero-order chi connectivity index (χ0) is 28.0. The molecule has 38 heavy (non-hydrogen) atoms. The van der Waals surface area contributed by atoms with E-state index >= 15 is 0 Å². The lowest BCUT2D eigenvalue weighted by molar-refractivity contribution is -0.00679. The van der Waals surface area contributed by atoms with Crippen LogP contribution in [0.4, 0.5) is 0 Å². The van der Waals surface area contributed by atoms with Gasteiger partial charge in [-0.3, -0.25) is 19.2 Å². The van der Waals surface area contributed by atoms with Crippen LogP contribution >= 0.6 is 69.6 Å². The molecule has 0 saturated carbocycles. The van der Waals surface area contributed by atoms with E-state index in [0.29, 0.717) is 15.8 Å². The minimum Gasteiger partial charge on any atom is -0.497 e. The maximum absolute atomic E-state index is 13.8. The van der Waals surface area contributed by atoms with Crippen molar-refractivity contribution in [3.05, 3.63) is 94.9 Å². The van der Waals surface area contributed by atoms with Gasteiger partial charge in [0.15, 0.2) is 5.78 Å². The molecular formula is C25H14Cl6N2O5. The number of hydrogen-bond acceptors (Lipinski definition) is 5. The minimum absolute atomic E-state index is 0.0737. The number of methoxy groups -OCH3 is 1. The Morgan fingerprint density at radius 2 is 1.34 bits per heavy atom. The first-order chi connectivity index (χ1) is 17.9. The Labute approximate surface area is 246 Å². The molecule has 7 nitrogen and oxygen atoms in total. The molecule has 196 valence electrons. The molecule has 0 N–H and O–H groups in total. The Hall–Kier alpha value is -2.52. The van der Waals surface area contributed by atoms with Crippen molar-refractivity contribution >= 4 is 93.1 Å². The predicted molar refractivity (Wildman–Crippen MR) is 146 cm³/mol. The number of rotatable bonds is 6. The van der Waals surface area contributed by atoms with Crippen LogP contribution in [0.25, 0.3) is 0 Å². The Morgan fingerprint density at radius 3 is 1.82 bits per heavy atom. The molecule has 3 aromatic carbocycles. The second-order valence-electron chi connectivity index (χ2n) is 7.97. The maximum Gasteiger partial charge on any atom is 0.282 e. The average Bonchev–Trinajstić information content (AvgIpc) is 3.15. The molecule has 0 bridgehead atoms. The largest absolute Gasteiger partial charge is 0.497 e. The lowest BCUT2D eigenvalue weighted by Crippen LogP contribution is -2.56. The van der Waals surface area contributed by atoms with Gasteiger partial charge in [-0.25, -0.2) is 5.01 Å². The van der Waals surface area contributed by atoms with E-state index in [1.807, 2.05) is 0 Å². The molecule has 0 aliphatic carbocycles. The topological polar surface area (TPSA) is 84.0 Å². The van der Waals surface area contributed by atoms with Crippen molar-refractivity contribution in [1.29, 1.82) is 0 Å². The van der Waals surface area contributed by atoms with Crippen molar-refractivity contribution in [1.82, 2.24) is 10.0 Å². The summed E-state index contributed by atoms with van der Waals surface area (Å²) in [6, 6.07) is 8.66. The van der Waals surface area contributed by atoms with Crippen LogP contribution in [0.5, 0.6) is 5.75 Å². The van der Waals surface area contributed by atoms with E-state index in [-0.39, 0.29) is 52.4 Å². The number of ether oxygens (including phenoxy) is 1. The monoisotopic (exact) mass is 632 g/mol. The fraction of sp³-hybridized carbons (Fsp3) is 0.120. The minimum atomic E-state index is -1.40. The number of benzene rings is 3. The van der Waals surface area contributed by atoms with Gasteiger partial charge in [0.2, 0.25) is 0 Å². The second kappa shape index (κ2) is 10.9. The van der Waals surface area contributed by atoms with E-state index in [2.05, 4.69) is 0 Å². The number of Topliss-reactive ketones (excluding diaryl/α,β-unsaturated/α-hetero) is 1. The highest BCUT2D eigenvalue weighted by Crippen LogP contribution is 2.45. The third-order valence-electron chi connectivity index (χ3n) is 5.79. The normalized spacial score (nSPS) is 13.4. The van der Waals surface area contributed by atoms with Crippen LogP contribution in [0.2, 0.25) is 30.1 Å². The smallest absolute Gasteiger partial charge is 0.282 e. The summed E-state index contributed by atoms with van der Waals surface area (Å²) in [5, 5.41) is 0.183. The number of carbonyl (C=O) groups excluding carboxylic acids is 4. The highest BCUT2D eigenvalue weighted by Gasteiger charge is 2.48. The molecular weight excluding hydrogens is 621 g/mol. The van der Waals surface area contributed by atoms with Crippen molar-refractivity contribution in [2.24, 2.45) is 0 Å². The van der Waals surface area contributed by atoms with Crippen LogP contribution in [0.15, 0.2) is 42.5 Å². The second-order valence-corrected chi connectivity index (χ2v) is 10.3. The Bertz CT molecular complexity index is 1480. The predicted octanol–water partition coefficient (Wildman–Crippen LogP) is 7.54. The van der Waals surface area contributed by atoms with Crippen molar-refractivity contribution < 1.29 is 23.9 Å². The van der Waals surface area contributed by atoms with Gasteiger partial charge in [0, 0.05) is 10.6 Å². The number of amides is 3. The summed E-state index contributed by atoms with van der Waals surface area (Å²) in [7, 11) is 1.47. The Balaban J connectivity index is 1.87. The van der Waals surface area contributed by atoms with Crippen molar-refractivity contribution in [2.45, 2.75) is 13.0 Å². The molecule has 1 aliphatic heterocycles. The number of fused-ring (bicyclic) bond motifs is 1. The molecule has 0 fully saturated rings. The van der Waals surface area contributed by atoms with Gasteiger partial charge in [0.25, 0.3) is 17.7 Å². The Morgan fingerprint density at radius 1 is 0.816 bits per heavy atom. The molecule has 3 amide bonds. The van der Waals surface area contributed by atoms with E-state index in [9.17, 15) is 19.2 Å². The molecule has 0 radical (unpaired) electrons. The Kier molecular flexibility index (Phi) is 8.19. The lowest BCUT2D eigenvalue weighted by atomic mass is 10.0. The van der Waals surface area contributed by atoms with Gasteiger partial charge in [-0.1, -0.05) is 69.6 Å². The van der Waals surface area contributed by atoms with Crippen LogP contribution in [-0.4, -0.2) is 46.7 Å². The van der Waals surface area contributed by atoms with Crippen molar-refractivity contribution in [2.75, 3.05) is 7.11 Å². The summed E-state index contributed by atoms with van der Waals surface area (Å²) in [5.41, 5.74) is -0.673. The zero-order valence-corrected chi connectivity index (χ0v) is 23.9. The fourth-order valence-corrected chi connectivity index (χ4v) is 5.37. The van der Waals surface area contributed by atoms with E-state index in [0.717, 1.165) is 0 Å². The van der Waals surface area contributed by atoms with Crippen LogP contribution in [-0.2, 0) is 0 Å². The van der Waals surface area contributed by atoms with Gasteiger partial charge in [-0.2, -0.15) is 5.01 Å². The van der Waals surface area contributed by atoms with E-state index in [1.165, 1.54) is 44.4 Å². The number of imide groups is 1. The summed E-state index contributed by atoms with van der Waals surface area (Å²) < 4.78 is 5.12. The summed E-state index contributed by atoms with van der Waals surface area (Å²) in [4.78, 5) is 54.5. The number of hydrazine groups is 1. The molecule has 0 aromatic heterocycles. The summed E-state index contributed by atoms with van der Waals surface area (Å²) in [6.07, 6.45) is 0. The SMILES string of the molecule is COc1ccc(C(=O)[C@H](C)N(C(=O)c2ccc(Cl)cc2Cl)N2C(=O)c3c(Cl)c(Cl)c(Cl)c(Cl)c3C2=O)cc1. The fourth-order valence-electron chi connectivity index (χ4n) is 3.87. The summed E-state index contributed by atoms with van der Waals surface area (Å²) in [5.74, 6) is -3.13. The lowest BCUT2D eigenvalue weighted by Gasteiger charge is -2.34. The first-order valence-electron chi connectivity index (χ1n) is 10.6. The highest BCUT2D eigenvalue weighted by atomic mass is 35.5. The van der Waals surface area contributed by atoms with E-state index < -0.39 is 29.5 Å². The van der Waals surface area contributed by atoms with Crippen LogP contribution in [0.3, 0.4) is 0 Å². The molecule has 1 heterocycles. The standard InChI is InChI=1S/C25H14Cl6N2O5/c1-10(22(34)11-3-6-13(38-2)7-4-11)32(23(35)14-8-5-12(26)9-15(14)27)33-24(36)16-17(25(33)37)19(29)21(31)20(30)18(16)28/h3-10H,1-2H3/t10-/m0/s1. The quantitative estimate of drug-likeness (QED) is 0.121. The molecule has 0 unspecified atom stereocenters. The number of halogens is 6. The molecule has 13 heteroatoms. The van der Waals surface area contributed by atoms with E-state index in [1.54, 1.807) is 12.1 Å². The van der Waals surface area contributed by atoms with Crippen molar-refractivity contribution in [3.63, 3.8) is 0 Å². The van der Waals surface area contributed by atoms with Crippen LogP contribution in [0.1, 0.15) is 48.4 Å². The molecule has 4 rings (SSSR count). The first kappa shape index (κ1) is 28.5. The molecule has 1 aliphatic rings. The van der Waals surface area contributed by atoms with Gasteiger partial charge in [-0.15, -0.1) is 0 Å². The van der Waals surface area contributed by atoms with Gasteiger partial charge in [0.1, 0.15) is 11.8 Å². The zero-order valence-electron chi connectivity index (χ0n) is 19.3. The number of hydrogen-bond donors (Lipinski definition) is 0. The number of carbonyl (C=O) groups is 4. The van der Waals surface area contributed by atoms with Gasteiger partial charge in [0.05, 0.1) is 48.9 Å². The van der Waals surface area contributed by atoms with Crippen LogP contribution in [0, 0.1) is 0 Å². The van der Waals surface area contributed by atoms with Gasteiger partial charge in [-0.05, 0) is 49.4 Å². The summed E-state index contributed by atoms with van der Waals surface area (Å²) >= 11 is 37.0. The number of ketones is 1. The summed E-state index contributed by atoms with van der Waals surface area (Å²) in [6.45, 7) is 1.35. The maximum atomic E-state index is 13.8. The van der Waals surface area contributed by atoms with Gasteiger partial charge < -0.3 is 4.74 Å². The number of nitrogens with zero attached hydrogens (tertiary/aromatic N) is 2. The third-order valence-corrected chi connectivity index (χ3v) is 8.14. The molecule has 0 spiro atoms. The van der Waals surface area contributed by atoms with E-state index in [4.69, 9.17) is 74.3 Å². The first-order valence-corrected chi connectivity index (χ1v) is 12.9. The molecule has 0 saturated heterocycles. The molecule has 1 atom stereocenters. The van der Waals surface area contributed by atoms with Crippen LogP contribution < -0.4 is 4.74 Å². The van der Waals surface area contributed by atoms with Crippen molar-refractivity contribution in [3.8, 4) is 5.75 Å².